The van der Waals surface area contributed by atoms with E-state index in [1.807, 2.05) is 24.3 Å². The molecule has 1 atom stereocenters. The Morgan fingerprint density at radius 2 is 2.11 bits per heavy atom. The highest BCUT2D eigenvalue weighted by molar-refractivity contribution is 14.1. The molecule has 1 aliphatic heterocycles. The highest BCUT2D eigenvalue weighted by Gasteiger charge is 2.41. The lowest BCUT2D eigenvalue weighted by Gasteiger charge is -2.37. The van der Waals surface area contributed by atoms with E-state index < -0.39 is 0 Å². The van der Waals surface area contributed by atoms with E-state index in [4.69, 9.17) is 4.74 Å². The Labute approximate surface area is 128 Å². The van der Waals surface area contributed by atoms with E-state index in [2.05, 4.69) is 22.6 Å². The Kier molecular flexibility index (Phi) is 3.94. The third-order valence-electron chi connectivity index (χ3n) is 4.49. The van der Waals surface area contributed by atoms with Crippen molar-refractivity contribution in [3.05, 3.63) is 33.4 Å². The van der Waals surface area contributed by atoms with Gasteiger partial charge in [0.15, 0.2) is 5.78 Å². The Bertz CT molecular complexity index is 477. The summed E-state index contributed by atoms with van der Waals surface area (Å²) < 4.78 is 7.14. The van der Waals surface area contributed by atoms with E-state index in [1.165, 1.54) is 12.8 Å². The van der Waals surface area contributed by atoms with E-state index >= 15 is 0 Å². The van der Waals surface area contributed by atoms with Crippen molar-refractivity contribution in [2.24, 2.45) is 5.92 Å². The number of Topliss-reactive ketones (excluding diaryl/α,β-unsaturated/α-hetero) is 1. The Balaban J connectivity index is 1.76. The van der Waals surface area contributed by atoms with E-state index in [-0.39, 0.29) is 11.5 Å². The van der Waals surface area contributed by atoms with Gasteiger partial charge in [0.05, 0.1) is 5.60 Å². The molecule has 0 amide bonds. The second kappa shape index (κ2) is 5.52. The molecule has 2 nitrogen and oxygen atoms in total. The van der Waals surface area contributed by atoms with Gasteiger partial charge in [-0.3, -0.25) is 4.79 Å². The normalized spacial score (nSPS) is 25.6. The fourth-order valence-electron chi connectivity index (χ4n) is 3.50. The number of hydrogen-bond acceptors (Lipinski definition) is 2. The smallest absolute Gasteiger partial charge is 0.166 e. The van der Waals surface area contributed by atoms with Crippen LogP contribution < -0.4 is 0 Å². The minimum Gasteiger partial charge on any atom is -0.375 e. The Morgan fingerprint density at radius 1 is 1.32 bits per heavy atom. The highest BCUT2D eigenvalue weighted by atomic mass is 127. The van der Waals surface area contributed by atoms with E-state index in [0.29, 0.717) is 5.78 Å². The molecule has 0 bridgehead atoms. The van der Waals surface area contributed by atoms with E-state index in [0.717, 1.165) is 41.4 Å². The summed E-state index contributed by atoms with van der Waals surface area (Å²) in [6.07, 6.45) is 6.60. The topological polar surface area (TPSA) is 26.3 Å². The number of benzene rings is 1. The number of ketones is 1. The van der Waals surface area contributed by atoms with E-state index in [1.54, 1.807) is 0 Å². The van der Waals surface area contributed by atoms with Crippen LogP contribution in [0, 0.1) is 9.49 Å². The number of carbonyl (C=O) groups is 1. The molecule has 1 saturated carbocycles. The number of carbonyl (C=O) groups excluding carboxylic acids is 1. The molecule has 1 heterocycles. The molecule has 1 unspecified atom stereocenters. The van der Waals surface area contributed by atoms with Crippen LogP contribution in [-0.4, -0.2) is 18.0 Å². The minimum absolute atomic E-state index is 0.0283. The van der Waals surface area contributed by atoms with Crippen LogP contribution in [0.3, 0.4) is 0 Å². The summed E-state index contributed by atoms with van der Waals surface area (Å²) in [6, 6.07) is 7.94. The van der Waals surface area contributed by atoms with Gasteiger partial charge < -0.3 is 4.74 Å². The predicted octanol–water partition coefficient (Wildman–Crippen LogP) is 4.21. The molecule has 3 rings (SSSR count). The van der Waals surface area contributed by atoms with Crippen molar-refractivity contribution in [3.63, 3.8) is 0 Å². The lowest BCUT2D eigenvalue weighted by Crippen LogP contribution is -2.39. The molecule has 1 aromatic carbocycles. The summed E-state index contributed by atoms with van der Waals surface area (Å²) in [5.41, 5.74) is 0.896. The average Bonchev–Trinajstić information content (AvgIpc) is 2.86. The Hall–Kier alpha value is -0.420. The number of rotatable bonds is 2. The van der Waals surface area contributed by atoms with Gasteiger partial charge in [0.2, 0.25) is 0 Å². The molecular weight excluding hydrogens is 351 g/mol. The number of hydrogen-bond donors (Lipinski definition) is 0. The van der Waals surface area contributed by atoms with Gasteiger partial charge in [-0.2, -0.15) is 0 Å². The minimum atomic E-state index is 0.0283. The molecule has 2 fully saturated rings. The molecule has 2 aliphatic rings. The first-order chi connectivity index (χ1) is 9.19. The summed E-state index contributed by atoms with van der Waals surface area (Å²) in [4.78, 5) is 12.6. The van der Waals surface area contributed by atoms with Crippen molar-refractivity contribution in [3.8, 4) is 0 Å². The quantitative estimate of drug-likeness (QED) is 0.576. The van der Waals surface area contributed by atoms with Gasteiger partial charge in [-0.15, -0.1) is 0 Å². The Morgan fingerprint density at radius 3 is 2.84 bits per heavy atom. The predicted molar refractivity (Wildman–Crippen MR) is 83.4 cm³/mol. The van der Waals surface area contributed by atoms with Gasteiger partial charge in [-0.1, -0.05) is 25.0 Å². The zero-order valence-electron chi connectivity index (χ0n) is 11.0. The SMILES string of the molecule is O=C(c1cccc(I)c1)C1CCOC2(CCCC2)C1. The van der Waals surface area contributed by atoms with Crippen molar-refractivity contribution in [1.29, 1.82) is 0 Å². The van der Waals surface area contributed by atoms with Crippen LogP contribution in [0.15, 0.2) is 24.3 Å². The van der Waals surface area contributed by atoms with Gasteiger partial charge in [0.25, 0.3) is 0 Å². The van der Waals surface area contributed by atoms with Crippen molar-refractivity contribution in [2.45, 2.75) is 44.1 Å². The largest absolute Gasteiger partial charge is 0.375 e. The van der Waals surface area contributed by atoms with Crippen LogP contribution in [0.1, 0.15) is 48.9 Å². The molecule has 0 aromatic heterocycles. The summed E-state index contributed by atoms with van der Waals surface area (Å²) in [5.74, 6) is 0.471. The molecule has 102 valence electrons. The van der Waals surface area contributed by atoms with Crippen molar-refractivity contribution >= 4 is 28.4 Å². The van der Waals surface area contributed by atoms with Gasteiger partial charge in [-0.05, 0) is 60.4 Å². The molecule has 3 heteroatoms. The maximum Gasteiger partial charge on any atom is 0.166 e. The first-order valence-corrected chi connectivity index (χ1v) is 8.20. The maximum atomic E-state index is 12.6. The number of halogens is 1. The molecule has 1 spiro atoms. The fourth-order valence-corrected chi connectivity index (χ4v) is 4.04. The molecular formula is C16H19IO2. The van der Waals surface area contributed by atoms with Gasteiger partial charge in [0, 0.05) is 21.7 Å². The van der Waals surface area contributed by atoms with Crippen molar-refractivity contribution in [2.75, 3.05) is 6.61 Å². The van der Waals surface area contributed by atoms with Gasteiger partial charge in [-0.25, -0.2) is 0 Å². The monoisotopic (exact) mass is 370 g/mol. The zero-order chi connectivity index (χ0) is 13.3. The fraction of sp³-hybridized carbons (Fsp3) is 0.562. The van der Waals surface area contributed by atoms with Crippen LogP contribution in [-0.2, 0) is 4.74 Å². The molecule has 1 saturated heterocycles. The lowest BCUT2D eigenvalue weighted by atomic mass is 9.81. The average molecular weight is 370 g/mol. The van der Waals surface area contributed by atoms with Gasteiger partial charge in [0.1, 0.15) is 0 Å². The number of ether oxygens (including phenoxy) is 1. The lowest BCUT2D eigenvalue weighted by molar-refractivity contribution is -0.0866. The summed E-state index contributed by atoms with van der Waals surface area (Å²) in [5, 5.41) is 0. The molecule has 1 aliphatic carbocycles. The first-order valence-electron chi connectivity index (χ1n) is 7.12. The summed E-state index contributed by atoms with van der Waals surface area (Å²) >= 11 is 2.26. The van der Waals surface area contributed by atoms with Gasteiger partial charge >= 0.3 is 0 Å². The second-order valence-corrected chi connectivity index (χ2v) is 7.05. The first kappa shape index (κ1) is 13.6. The van der Waals surface area contributed by atoms with Crippen molar-refractivity contribution in [1.82, 2.24) is 0 Å². The third-order valence-corrected chi connectivity index (χ3v) is 5.16. The second-order valence-electron chi connectivity index (χ2n) is 5.80. The van der Waals surface area contributed by atoms with E-state index in [9.17, 15) is 4.79 Å². The molecule has 19 heavy (non-hydrogen) atoms. The van der Waals surface area contributed by atoms with Crippen LogP contribution in [0.25, 0.3) is 0 Å². The summed E-state index contributed by atoms with van der Waals surface area (Å²) in [7, 11) is 0. The highest BCUT2D eigenvalue weighted by Crippen LogP contribution is 2.42. The van der Waals surface area contributed by atoms with Crippen LogP contribution in [0.4, 0.5) is 0 Å². The van der Waals surface area contributed by atoms with Crippen molar-refractivity contribution < 1.29 is 9.53 Å². The third kappa shape index (κ3) is 2.87. The molecule has 1 aromatic rings. The zero-order valence-corrected chi connectivity index (χ0v) is 13.2. The molecule has 0 radical (unpaired) electrons. The van der Waals surface area contributed by atoms with Crippen LogP contribution in [0.2, 0.25) is 0 Å². The van der Waals surface area contributed by atoms with Crippen LogP contribution in [0.5, 0.6) is 0 Å². The summed E-state index contributed by atoms with van der Waals surface area (Å²) in [6.45, 7) is 0.750. The molecule has 0 N–H and O–H groups in total. The standard InChI is InChI=1S/C16H19IO2/c17-14-5-3-4-12(10-14)15(18)13-6-9-19-16(11-13)7-1-2-8-16/h3-5,10,13H,1-2,6-9,11H2. The maximum absolute atomic E-state index is 12.6. The van der Waals surface area contributed by atoms with Crippen LogP contribution >= 0.6 is 22.6 Å².